The molecule has 1 unspecified atom stereocenters. The van der Waals surface area contributed by atoms with Crippen molar-refractivity contribution < 1.29 is 0 Å². The standard InChI is InChI=1S/C17H38N2/c1-8-10-12-19(13-11-9-2)16(15(3)4)14-18-17(5,6)7/h15-16,18H,8-14H2,1-7H3. The predicted molar refractivity (Wildman–Crippen MR) is 87.8 cm³/mol. The molecule has 0 heterocycles. The molecule has 0 aromatic carbocycles. The minimum absolute atomic E-state index is 0.217. The lowest BCUT2D eigenvalue weighted by Crippen LogP contribution is -2.50. The fourth-order valence-corrected chi connectivity index (χ4v) is 2.36. The lowest BCUT2D eigenvalue weighted by molar-refractivity contribution is 0.139. The molecule has 2 nitrogen and oxygen atoms in total. The summed E-state index contributed by atoms with van der Waals surface area (Å²) in [5.74, 6) is 0.712. The molecular weight excluding hydrogens is 232 g/mol. The summed E-state index contributed by atoms with van der Waals surface area (Å²) in [5, 5.41) is 3.69. The molecule has 1 atom stereocenters. The highest BCUT2D eigenvalue weighted by Crippen LogP contribution is 2.14. The van der Waals surface area contributed by atoms with Gasteiger partial charge in [-0.2, -0.15) is 0 Å². The Kier molecular flexibility index (Phi) is 9.72. The fraction of sp³-hybridized carbons (Fsp3) is 1.00. The molecular formula is C17H38N2. The van der Waals surface area contributed by atoms with Gasteiger partial charge in [-0.05, 0) is 52.6 Å². The smallest absolute Gasteiger partial charge is 0.0243 e. The number of nitrogens with zero attached hydrogens (tertiary/aromatic N) is 1. The highest BCUT2D eigenvalue weighted by molar-refractivity contribution is 4.81. The van der Waals surface area contributed by atoms with Crippen LogP contribution in [0.25, 0.3) is 0 Å². The first-order chi connectivity index (χ1) is 8.81. The summed E-state index contributed by atoms with van der Waals surface area (Å²) in [5.41, 5.74) is 0.217. The normalized spacial score (nSPS) is 14.4. The Morgan fingerprint density at radius 3 is 1.74 bits per heavy atom. The van der Waals surface area contributed by atoms with Gasteiger partial charge in [0.1, 0.15) is 0 Å². The van der Waals surface area contributed by atoms with Crippen LogP contribution in [0.5, 0.6) is 0 Å². The van der Waals surface area contributed by atoms with Gasteiger partial charge >= 0.3 is 0 Å². The van der Waals surface area contributed by atoms with Gasteiger partial charge in [-0.25, -0.2) is 0 Å². The van der Waals surface area contributed by atoms with Crippen molar-refractivity contribution in [3.8, 4) is 0 Å². The van der Waals surface area contributed by atoms with Crippen molar-refractivity contribution >= 4 is 0 Å². The molecule has 0 spiro atoms. The van der Waals surface area contributed by atoms with Crippen LogP contribution >= 0.6 is 0 Å². The summed E-state index contributed by atoms with van der Waals surface area (Å²) in [4.78, 5) is 2.72. The quantitative estimate of drug-likeness (QED) is 0.636. The first kappa shape index (κ1) is 18.9. The second-order valence-electron chi connectivity index (χ2n) is 7.19. The van der Waals surface area contributed by atoms with Crippen LogP contribution in [0.3, 0.4) is 0 Å². The van der Waals surface area contributed by atoms with Crippen LogP contribution < -0.4 is 5.32 Å². The van der Waals surface area contributed by atoms with E-state index in [1.54, 1.807) is 0 Å². The molecule has 0 aliphatic heterocycles. The largest absolute Gasteiger partial charge is 0.311 e. The summed E-state index contributed by atoms with van der Waals surface area (Å²) in [6, 6.07) is 0.664. The molecule has 0 radical (unpaired) electrons. The zero-order chi connectivity index (χ0) is 14.9. The molecule has 0 rings (SSSR count). The van der Waals surface area contributed by atoms with E-state index in [1.807, 2.05) is 0 Å². The third kappa shape index (κ3) is 9.45. The van der Waals surface area contributed by atoms with Crippen LogP contribution in [0.1, 0.15) is 74.1 Å². The number of hydrogen-bond acceptors (Lipinski definition) is 2. The van der Waals surface area contributed by atoms with Gasteiger partial charge < -0.3 is 5.32 Å². The minimum Gasteiger partial charge on any atom is -0.311 e. The van der Waals surface area contributed by atoms with E-state index in [2.05, 4.69) is 58.7 Å². The van der Waals surface area contributed by atoms with Crippen molar-refractivity contribution in [1.29, 1.82) is 0 Å². The summed E-state index contributed by atoms with van der Waals surface area (Å²) in [7, 11) is 0. The van der Waals surface area contributed by atoms with Gasteiger partial charge in [0.05, 0.1) is 0 Å². The van der Waals surface area contributed by atoms with E-state index in [9.17, 15) is 0 Å². The maximum absolute atomic E-state index is 3.69. The second-order valence-corrected chi connectivity index (χ2v) is 7.19. The molecule has 0 bridgehead atoms. The number of hydrogen-bond donors (Lipinski definition) is 1. The van der Waals surface area contributed by atoms with Gasteiger partial charge in [-0.1, -0.05) is 40.5 Å². The Labute approximate surface area is 122 Å². The van der Waals surface area contributed by atoms with Crippen LogP contribution in [-0.4, -0.2) is 36.1 Å². The predicted octanol–water partition coefficient (Wildman–Crippen LogP) is 4.30. The van der Waals surface area contributed by atoms with Gasteiger partial charge in [0.15, 0.2) is 0 Å². The van der Waals surface area contributed by atoms with E-state index >= 15 is 0 Å². The Morgan fingerprint density at radius 2 is 1.42 bits per heavy atom. The van der Waals surface area contributed by atoms with E-state index in [1.165, 1.54) is 38.8 Å². The second kappa shape index (κ2) is 9.77. The zero-order valence-corrected chi connectivity index (χ0v) is 14.6. The van der Waals surface area contributed by atoms with Gasteiger partial charge in [-0.15, -0.1) is 0 Å². The summed E-state index contributed by atoms with van der Waals surface area (Å²) < 4.78 is 0. The van der Waals surface area contributed by atoms with Crippen LogP contribution in [0.4, 0.5) is 0 Å². The monoisotopic (exact) mass is 270 g/mol. The summed E-state index contributed by atoms with van der Waals surface area (Å²) >= 11 is 0. The van der Waals surface area contributed by atoms with Crippen molar-refractivity contribution in [3.63, 3.8) is 0 Å². The minimum atomic E-state index is 0.217. The Bertz CT molecular complexity index is 198. The van der Waals surface area contributed by atoms with Crippen LogP contribution in [0.2, 0.25) is 0 Å². The maximum atomic E-state index is 3.69. The Balaban J connectivity index is 4.54. The average molecular weight is 271 g/mol. The van der Waals surface area contributed by atoms with Crippen LogP contribution in [0, 0.1) is 5.92 Å². The Hall–Kier alpha value is -0.0800. The van der Waals surface area contributed by atoms with Gasteiger partial charge in [0.2, 0.25) is 0 Å². The first-order valence-corrected chi connectivity index (χ1v) is 8.30. The molecule has 0 aliphatic carbocycles. The number of nitrogens with one attached hydrogen (secondary N) is 1. The third-order valence-corrected chi connectivity index (χ3v) is 3.68. The highest BCUT2D eigenvalue weighted by atomic mass is 15.2. The molecule has 1 N–H and O–H groups in total. The highest BCUT2D eigenvalue weighted by Gasteiger charge is 2.22. The van der Waals surface area contributed by atoms with Crippen molar-refractivity contribution in [2.45, 2.75) is 85.7 Å². The van der Waals surface area contributed by atoms with E-state index in [4.69, 9.17) is 0 Å². The number of unbranched alkanes of at least 4 members (excludes halogenated alkanes) is 2. The topological polar surface area (TPSA) is 15.3 Å². The first-order valence-electron chi connectivity index (χ1n) is 8.30. The molecule has 0 aliphatic rings. The molecule has 2 heteroatoms. The van der Waals surface area contributed by atoms with Crippen molar-refractivity contribution in [2.75, 3.05) is 19.6 Å². The van der Waals surface area contributed by atoms with Crippen molar-refractivity contribution in [1.82, 2.24) is 10.2 Å². The van der Waals surface area contributed by atoms with E-state index < -0.39 is 0 Å². The molecule has 0 aromatic heterocycles. The van der Waals surface area contributed by atoms with Crippen LogP contribution in [-0.2, 0) is 0 Å². The SMILES string of the molecule is CCCCN(CCCC)C(CNC(C)(C)C)C(C)C. The lowest BCUT2D eigenvalue weighted by atomic mass is 9.99. The maximum Gasteiger partial charge on any atom is 0.0243 e. The molecule has 0 fully saturated rings. The third-order valence-electron chi connectivity index (χ3n) is 3.68. The van der Waals surface area contributed by atoms with Gasteiger partial charge in [-0.3, -0.25) is 4.90 Å². The molecule has 0 amide bonds. The Morgan fingerprint density at radius 1 is 0.947 bits per heavy atom. The fourth-order valence-electron chi connectivity index (χ4n) is 2.36. The van der Waals surface area contributed by atoms with E-state index in [0.717, 1.165) is 6.54 Å². The molecule has 116 valence electrons. The van der Waals surface area contributed by atoms with Crippen LogP contribution in [0.15, 0.2) is 0 Å². The number of rotatable bonds is 10. The van der Waals surface area contributed by atoms with E-state index in [-0.39, 0.29) is 5.54 Å². The molecule has 0 saturated heterocycles. The zero-order valence-electron chi connectivity index (χ0n) is 14.6. The van der Waals surface area contributed by atoms with Gasteiger partial charge in [0, 0.05) is 18.1 Å². The molecule has 19 heavy (non-hydrogen) atoms. The molecule has 0 aromatic rings. The van der Waals surface area contributed by atoms with Crippen molar-refractivity contribution in [3.05, 3.63) is 0 Å². The lowest BCUT2D eigenvalue weighted by Gasteiger charge is -2.37. The van der Waals surface area contributed by atoms with Crippen molar-refractivity contribution in [2.24, 2.45) is 5.92 Å². The van der Waals surface area contributed by atoms with E-state index in [0.29, 0.717) is 12.0 Å². The average Bonchev–Trinajstić information content (AvgIpc) is 2.29. The summed E-state index contributed by atoms with van der Waals surface area (Å²) in [6.45, 7) is 19.7. The van der Waals surface area contributed by atoms with Gasteiger partial charge in [0.25, 0.3) is 0 Å². The molecule has 0 saturated carbocycles. The summed E-state index contributed by atoms with van der Waals surface area (Å²) in [6.07, 6.45) is 5.23.